The smallest absolute Gasteiger partial charge is 0.244 e. The molecule has 27 heavy (non-hydrogen) atoms. The van der Waals surface area contributed by atoms with Crippen LogP contribution in [0.25, 0.3) is 17.3 Å². The van der Waals surface area contributed by atoms with E-state index in [0.717, 1.165) is 28.1 Å². The van der Waals surface area contributed by atoms with Crippen molar-refractivity contribution in [1.82, 2.24) is 20.1 Å². The van der Waals surface area contributed by atoms with Crippen molar-refractivity contribution in [1.29, 1.82) is 0 Å². The number of nitrogens with one attached hydrogen (secondary N) is 1. The van der Waals surface area contributed by atoms with Gasteiger partial charge < -0.3 is 14.8 Å². The van der Waals surface area contributed by atoms with Crippen LogP contribution in [0.2, 0.25) is 0 Å². The summed E-state index contributed by atoms with van der Waals surface area (Å²) in [4.78, 5) is 16.5. The maximum Gasteiger partial charge on any atom is 0.244 e. The van der Waals surface area contributed by atoms with Crippen LogP contribution in [0.1, 0.15) is 11.1 Å². The molecule has 0 spiro atoms. The molecule has 0 saturated carbocycles. The van der Waals surface area contributed by atoms with E-state index >= 15 is 0 Å². The number of carbonyl (C=O) groups excluding carboxylic acids is 1. The van der Waals surface area contributed by atoms with Crippen molar-refractivity contribution < 1.29 is 14.3 Å². The van der Waals surface area contributed by atoms with Gasteiger partial charge in [0, 0.05) is 37.6 Å². The first-order chi connectivity index (χ1) is 13.2. The number of hydrogen-bond acceptors (Lipinski definition) is 5. The van der Waals surface area contributed by atoms with Crippen LogP contribution in [0.3, 0.4) is 0 Å². The third-order valence-corrected chi connectivity index (χ3v) is 4.12. The van der Waals surface area contributed by atoms with Gasteiger partial charge in [0.25, 0.3) is 0 Å². The van der Waals surface area contributed by atoms with Crippen LogP contribution in [0.4, 0.5) is 0 Å². The van der Waals surface area contributed by atoms with Gasteiger partial charge >= 0.3 is 0 Å². The number of carbonyl (C=O) groups is 1. The van der Waals surface area contributed by atoms with Crippen LogP contribution in [0, 0.1) is 0 Å². The van der Waals surface area contributed by atoms with Crippen molar-refractivity contribution in [3.05, 3.63) is 66.1 Å². The Bertz CT molecular complexity index is 1010. The topological polar surface area (TPSA) is 78.3 Å². The van der Waals surface area contributed by atoms with Crippen LogP contribution < -0.4 is 14.8 Å². The zero-order valence-corrected chi connectivity index (χ0v) is 14.8. The number of benzene rings is 1. The molecular formula is C20H18N4O3. The highest BCUT2D eigenvalue weighted by Crippen LogP contribution is 2.32. The molecule has 2 aromatic heterocycles. The molecule has 4 rings (SSSR count). The molecule has 0 radical (unpaired) electrons. The van der Waals surface area contributed by atoms with E-state index < -0.39 is 0 Å². The molecule has 0 bridgehead atoms. The molecule has 3 heterocycles. The van der Waals surface area contributed by atoms with Crippen LogP contribution >= 0.6 is 0 Å². The number of aryl methyl sites for hydroxylation is 1. The van der Waals surface area contributed by atoms with Crippen LogP contribution in [0.15, 0.2) is 55.0 Å². The second kappa shape index (κ2) is 7.33. The predicted molar refractivity (Wildman–Crippen MR) is 99.9 cm³/mol. The average Bonchev–Trinajstić information content (AvgIpc) is 3.33. The molecule has 1 amide bonds. The maximum atomic E-state index is 12.1. The lowest BCUT2D eigenvalue weighted by atomic mass is 10.1. The van der Waals surface area contributed by atoms with Gasteiger partial charge in [-0.2, -0.15) is 5.10 Å². The molecule has 1 N–H and O–H groups in total. The van der Waals surface area contributed by atoms with Crippen molar-refractivity contribution in [3.63, 3.8) is 0 Å². The van der Waals surface area contributed by atoms with Crippen molar-refractivity contribution in [2.45, 2.75) is 6.54 Å². The Kier molecular flexibility index (Phi) is 4.57. The lowest BCUT2D eigenvalue weighted by Gasteiger charge is -2.04. The Morgan fingerprint density at radius 1 is 1.26 bits per heavy atom. The van der Waals surface area contributed by atoms with Crippen LogP contribution in [-0.4, -0.2) is 27.5 Å². The summed E-state index contributed by atoms with van der Waals surface area (Å²) in [7, 11) is 1.86. The van der Waals surface area contributed by atoms with Gasteiger partial charge in [0.2, 0.25) is 12.7 Å². The Labute approximate surface area is 156 Å². The monoisotopic (exact) mass is 362 g/mol. The average molecular weight is 362 g/mol. The minimum atomic E-state index is -0.174. The van der Waals surface area contributed by atoms with Gasteiger partial charge in [-0.15, -0.1) is 0 Å². The highest BCUT2D eigenvalue weighted by molar-refractivity contribution is 5.91. The summed E-state index contributed by atoms with van der Waals surface area (Å²) in [6, 6.07) is 9.37. The van der Waals surface area contributed by atoms with E-state index in [1.54, 1.807) is 23.2 Å². The highest BCUT2D eigenvalue weighted by atomic mass is 16.7. The molecule has 0 aliphatic carbocycles. The fourth-order valence-electron chi connectivity index (χ4n) is 2.73. The zero-order chi connectivity index (χ0) is 18.6. The number of fused-ring (bicyclic) bond motifs is 1. The maximum absolute atomic E-state index is 12.1. The molecule has 0 saturated heterocycles. The van der Waals surface area contributed by atoms with Crippen molar-refractivity contribution in [2.75, 3.05) is 6.79 Å². The third-order valence-electron chi connectivity index (χ3n) is 4.12. The molecule has 3 aromatic rings. The van der Waals surface area contributed by atoms with Gasteiger partial charge in [-0.05, 0) is 41.5 Å². The highest BCUT2D eigenvalue weighted by Gasteiger charge is 2.12. The largest absolute Gasteiger partial charge is 0.454 e. The number of nitrogens with zero attached hydrogens (tertiary/aromatic N) is 3. The van der Waals surface area contributed by atoms with Gasteiger partial charge in [0.05, 0.1) is 11.9 Å². The van der Waals surface area contributed by atoms with Gasteiger partial charge in [0.1, 0.15) is 0 Å². The molecule has 0 atom stereocenters. The summed E-state index contributed by atoms with van der Waals surface area (Å²) in [6.45, 7) is 0.649. The summed E-state index contributed by atoms with van der Waals surface area (Å²) in [5.74, 6) is 1.24. The SMILES string of the molecule is Cn1cc(-c2cc(CNC(=O)/C=C/c3ccc4c(c3)OCO4)ccn2)cn1. The van der Waals surface area contributed by atoms with Gasteiger partial charge in [0.15, 0.2) is 11.5 Å². The third kappa shape index (κ3) is 3.98. The normalized spacial score (nSPS) is 12.5. The fourth-order valence-corrected chi connectivity index (χ4v) is 2.73. The molecule has 0 unspecified atom stereocenters. The first-order valence-corrected chi connectivity index (χ1v) is 8.47. The quantitative estimate of drug-likeness (QED) is 0.706. The van der Waals surface area contributed by atoms with Crippen molar-refractivity contribution in [3.8, 4) is 22.8 Å². The molecular weight excluding hydrogens is 344 g/mol. The minimum Gasteiger partial charge on any atom is -0.454 e. The molecule has 136 valence electrons. The lowest BCUT2D eigenvalue weighted by molar-refractivity contribution is -0.116. The number of hydrogen-bond donors (Lipinski definition) is 1. The minimum absolute atomic E-state index is 0.174. The van der Waals surface area contributed by atoms with E-state index in [2.05, 4.69) is 15.4 Å². The Morgan fingerprint density at radius 3 is 3.00 bits per heavy atom. The summed E-state index contributed by atoms with van der Waals surface area (Å²) in [6.07, 6.45) is 8.63. The molecule has 0 fully saturated rings. The Balaban J connectivity index is 1.36. The summed E-state index contributed by atoms with van der Waals surface area (Å²) in [5.41, 5.74) is 3.60. The molecule has 1 aliphatic heterocycles. The van der Waals surface area contributed by atoms with Gasteiger partial charge in [-0.3, -0.25) is 14.5 Å². The van der Waals surface area contributed by atoms with E-state index in [0.29, 0.717) is 12.3 Å². The van der Waals surface area contributed by atoms with E-state index in [9.17, 15) is 4.79 Å². The fraction of sp³-hybridized carbons (Fsp3) is 0.150. The Morgan fingerprint density at radius 2 is 2.15 bits per heavy atom. The van der Waals surface area contributed by atoms with E-state index in [-0.39, 0.29) is 12.7 Å². The standard InChI is InChI=1S/C20H18N4O3/c1-24-12-16(11-23-24)17-8-15(6-7-21-17)10-22-20(25)5-3-14-2-4-18-19(9-14)27-13-26-18/h2-9,11-12H,10,13H2,1H3,(H,22,25)/b5-3+. The molecule has 7 nitrogen and oxygen atoms in total. The second-order valence-corrected chi connectivity index (χ2v) is 6.12. The number of ether oxygens (including phenoxy) is 2. The van der Waals surface area contributed by atoms with Crippen LogP contribution in [-0.2, 0) is 18.4 Å². The number of pyridine rings is 1. The molecule has 7 heteroatoms. The van der Waals surface area contributed by atoms with E-state index in [1.165, 1.54) is 6.08 Å². The zero-order valence-electron chi connectivity index (χ0n) is 14.8. The van der Waals surface area contributed by atoms with Crippen LogP contribution in [0.5, 0.6) is 11.5 Å². The van der Waals surface area contributed by atoms with Crippen molar-refractivity contribution >= 4 is 12.0 Å². The lowest BCUT2D eigenvalue weighted by Crippen LogP contribution is -2.20. The van der Waals surface area contributed by atoms with E-state index in [1.807, 2.05) is 43.6 Å². The van der Waals surface area contributed by atoms with Crippen molar-refractivity contribution in [2.24, 2.45) is 7.05 Å². The first-order valence-electron chi connectivity index (χ1n) is 8.47. The number of amides is 1. The Hall–Kier alpha value is -3.61. The van der Waals surface area contributed by atoms with Gasteiger partial charge in [-0.1, -0.05) is 6.07 Å². The van der Waals surface area contributed by atoms with E-state index in [4.69, 9.17) is 9.47 Å². The predicted octanol–water partition coefficient (Wildman–Crippen LogP) is 2.54. The molecule has 1 aliphatic rings. The number of rotatable bonds is 5. The number of aromatic nitrogens is 3. The summed E-state index contributed by atoms with van der Waals surface area (Å²) < 4.78 is 12.3. The van der Waals surface area contributed by atoms with Gasteiger partial charge in [-0.25, -0.2) is 0 Å². The first kappa shape index (κ1) is 16.8. The second-order valence-electron chi connectivity index (χ2n) is 6.12. The molecule has 1 aromatic carbocycles. The summed E-state index contributed by atoms with van der Waals surface area (Å²) in [5, 5.41) is 7.03. The summed E-state index contributed by atoms with van der Waals surface area (Å²) >= 11 is 0.